The minimum atomic E-state index is 0.00617. The van der Waals surface area contributed by atoms with E-state index in [2.05, 4.69) is 40.8 Å². The Hall–Kier alpha value is 0.434. The number of hydrogen-bond donors (Lipinski definition) is 0. The van der Waals surface area contributed by atoms with Crippen LogP contribution in [0.25, 0.3) is 0 Å². The van der Waals surface area contributed by atoms with Crippen LogP contribution in [0.2, 0.25) is 24.2 Å². The second kappa shape index (κ2) is 4.34. The van der Waals surface area contributed by atoms with Gasteiger partial charge < -0.3 is 0 Å². The van der Waals surface area contributed by atoms with Gasteiger partial charge in [0, 0.05) is 16.6 Å². The fraction of sp³-hybridized carbons (Fsp3) is 1.00. The fourth-order valence-corrected chi connectivity index (χ4v) is 12.4. The first kappa shape index (κ1) is 10.4. The van der Waals surface area contributed by atoms with Crippen LogP contribution in [0.1, 0.15) is 27.7 Å². The van der Waals surface area contributed by atoms with Gasteiger partial charge in [-0.15, -0.1) is 0 Å². The lowest BCUT2D eigenvalue weighted by Crippen LogP contribution is -2.35. The normalized spacial score (nSPS) is 12.6. The van der Waals surface area contributed by atoms with Crippen LogP contribution in [-0.4, -0.2) is 16.6 Å². The second-order valence-electron chi connectivity index (χ2n) is 3.76. The molecule has 2 radical (unpaired) electrons. The third kappa shape index (κ3) is 3.01. The fourth-order valence-electron chi connectivity index (χ4n) is 1.82. The summed E-state index contributed by atoms with van der Waals surface area (Å²) < 4.78 is 0. The van der Waals surface area contributed by atoms with Crippen molar-refractivity contribution in [2.45, 2.75) is 51.9 Å². The summed E-state index contributed by atoms with van der Waals surface area (Å²) >= 11 is 0. The van der Waals surface area contributed by atoms with Gasteiger partial charge in [-0.05, 0) is 0 Å². The topological polar surface area (TPSA) is 0 Å². The predicted octanol–water partition coefficient (Wildman–Crippen LogP) is 3.13. The van der Waals surface area contributed by atoms with Crippen LogP contribution in [0.5, 0.6) is 0 Å². The van der Waals surface area contributed by atoms with E-state index in [1.165, 1.54) is 0 Å². The highest BCUT2D eigenvalue weighted by molar-refractivity contribution is 7.22. The third-order valence-corrected chi connectivity index (χ3v) is 12.4. The molecular formula is C8H20Si2. The number of rotatable bonds is 3. The van der Waals surface area contributed by atoms with Gasteiger partial charge in [0.25, 0.3) is 0 Å². The van der Waals surface area contributed by atoms with E-state index in [1.54, 1.807) is 0 Å². The summed E-state index contributed by atoms with van der Waals surface area (Å²) in [6.45, 7) is 14.5. The molecule has 0 aromatic carbocycles. The van der Waals surface area contributed by atoms with Crippen LogP contribution in [0.15, 0.2) is 0 Å². The second-order valence-corrected chi connectivity index (χ2v) is 13.7. The number of hydrogen-bond acceptors (Lipinski definition) is 0. The first-order valence-corrected chi connectivity index (χ1v) is 9.29. The van der Waals surface area contributed by atoms with E-state index in [4.69, 9.17) is 0 Å². The highest BCUT2D eigenvalue weighted by atomic mass is 29.2. The van der Waals surface area contributed by atoms with Gasteiger partial charge in [-0.1, -0.05) is 51.9 Å². The molecule has 0 aliphatic rings. The molecule has 0 heterocycles. The Morgan fingerprint density at radius 1 is 0.800 bits per heavy atom. The van der Waals surface area contributed by atoms with Gasteiger partial charge in [0.05, 0.1) is 0 Å². The van der Waals surface area contributed by atoms with Gasteiger partial charge in [-0.3, -0.25) is 0 Å². The van der Waals surface area contributed by atoms with Gasteiger partial charge in [0.15, 0.2) is 0 Å². The molecular weight excluding hydrogens is 152 g/mol. The quantitative estimate of drug-likeness (QED) is 0.574. The molecule has 10 heavy (non-hydrogen) atoms. The third-order valence-electron chi connectivity index (χ3n) is 1.82. The molecule has 0 spiro atoms. The van der Waals surface area contributed by atoms with E-state index >= 15 is 0 Å². The molecule has 0 saturated carbocycles. The van der Waals surface area contributed by atoms with Crippen LogP contribution in [0.3, 0.4) is 0 Å². The highest BCUT2D eigenvalue weighted by Crippen LogP contribution is 2.21. The molecule has 2 heteroatoms. The van der Waals surface area contributed by atoms with Crippen molar-refractivity contribution in [1.29, 1.82) is 0 Å². The average Bonchev–Trinajstić information content (AvgIpc) is 1.59. The lowest BCUT2D eigenvalue weighted by atomic mass is 10.5. The average molecular weight is 172 g/mol. The molecule has 0 aromatic heterocycles. The Morgan fingerprint density at radius 3 is 1.10 bits per heavy atom. The zero-order valence-electron chi connectivity index (χ0n) is 8.15. The van der Waals surface area contributed by atoms with Crippen molar-refractivity contribution in [2.75, 3.05) is 0 Å². The summed E-state index contributed by atoms with van der Waals surface area (Å²) in [6.07, 6.45) is 0. The van der Waals surface area contributed by atoms with Crippen molar-refractivity contribution < 1.29 is 0 Å². The van der Waals surface area contributed by atoms with E-state index in [0.29, 0.717) is 0 Å². The van der Waals surface area contributed by atoms with Crippen LogP contribution in [0.4, 0.5) is 0 Å². The van der Waals surface area contributed by atoms with E-state index < -0.39 is 0 Å². The standard InChI is InChI=1S/C8H20Si2/c1-7(2)10(8(3)4)9(5)6/h7-8H,1-6H3. The molecule has 0 saturated heterocycles. The lowest BCUT2D eigenvalue weighted by molar-refractivity contribution is 0.958. The Bertz CT molecular complexity index is 68.2. The lowest BCUT2D eigenvalue weighted by Gasteiger charge is -2.25. The molecule has 0 bridgehead atoms. The Balaban J connectivity index is 3.98. The van der Waals surface area contributed by atoms with Crippen LogP contribution < -0.4 is 0 Å². The molecule has 0 N–H and O–H groups in total. The largest absolute Gasteiger partial charge is 0.0735 e. The molecule has 0 fully saturated rings. The van der Waals surface area contributed by atoms with E-state index in [0.717, 1.165) is 11.1 Å². The maximum atomic E-state index is 2.47. The van der Waals surface area contributed by atoms with Gasteiger partial charge >= 0.3 is 0 Å². The van der Waals surface area contributed by atoms with Crippen molar-refractivity contribution in [2.24, 2.45) is 0 Å². The Labute approximate surface area is 69.0 Å². The van der Waals surface area contributed by atoms with Gasteiger partial charge in [0.2, 0.25) is 0 Å². The van der Waals surface area contributed by atoms with Crippen molar-refractivity contribution >= 4 is 16.6 Å². The van der Waals surface area contributed by atoms with Crippen LogP contribution in [0, 0.1) is 0 Å². The summed E-state index contributed by atoms with van der Waals surface area (Å²) in [6, 6.07) is 0. The summed E-state index contributed by atoms with van der Waals surface area (Å²) in [4.78, 5) is 0. The zero-order valence-corrected chi connectivity index (χ0v) is 10.2. The van der Waals surface area contributed by atoms with Crippen molar-refractivity contribution in [1.82, 2.24) is 0 Å². The molecule has 0 nitrogen and oxygen atoms in total. The van der Waals surface area contributed by atoms with E-state index in [9.17, 15) is 0 Å². The Kier molecular flexibility index (Phi) is 4.53. The summed E-state index contributed by atoms with van der Waals surface area (Å²) in [5, 5.41) is 0. The Morgan fingerprint density at radius 2 is 1.10 bits per heavy atom. The zero-order chi connectivity index (χ0) is 8.31. The van der Waals surface area contributed by atoms with Crippen molar-refractivity contribution in [3.8, 4) is 0 Å². The van der Waals surface area contributed by atoms with Crippen molar-refractivity contribution in [3.05, 3.63) is 0 Å². The summed E-state index contributed by atoms with van der Waals surface area (Å²) in [7, 11) is 0.0360. The minimum absolute atomic E-state index is 0.00617. The molecule has 0 atom stereocenters. The maximum Gasteiger partial charge on any atom is 0.0426 e. The first-order valence-electron chi connectivity index (χ1n) is 4.14. The van der Waals surface area contributed by atoms with Gasteiger partial charge in [-0.25, -0.2) is 0 Å². The van der Waals surface area contributed by atoms with E-state index in [1.807, 2.05) is 0 Å². The predicted molar refractivity (Wildman–Crippen MR) is 53.4 cm³/mol. The monoisotopic (exact) mass is 172 g/mol. The maximum absolute atomic E-state index is 2.47. The molecule has 60 valence electrons. The molecule has 0 amide bonds. The van der Waals surface area contributed by atoms with Crippen LogP contribution in [-0.2, 0) is 0 Å². The first-order chi connectivity index (χ1) is 4.46. The van der Waals surface area contributed by atoms with Crippen LogP contribution >= 0.6 is 0 Å². The SMILES string of the molecule is CC(C)[Si](C(C)C)[Si](C)C. The smallest absolute Gasteiger partial charge is 0.0426 e. The molecule has 0 aliphatic heterocycles. The molecule has 0 rings (SSSR count). The van der Waals surface area contributed by atoms with Gasteiger partial charge in [0.1, 0.15) is 0 Å². The molecule has 0 unspecified atom stereocenters. The molecule has 0 aromatic rings. The summed E-state index contributed by atoms with van der Waals surface area (Å²) in [5.74, 6) is 0. The summed E-state index contributed by atoms with van der Waals surface area (Å²) in [5.41, 5.74) is 1.96. The van der Waals surface area contributed by atoms with Crippen molar-refractivity contribution in [3.63, 3.8) is 0 Å². The molecule has 0 aliphatic carbocycles. The minimum Gasteiger partial charge on any atom is -0.0735 e. The van der Waals surface area contributed by atoms with Gasteiger partial charge in [-0.2, -0.15) is 0 Å². The highest BCUT2D eigenvalue weighted by Gasteiger charge is 2.23. The van der Waals surface area contributed by atoms with E-state index in [-0.39, 0.29) is 16.6 Å².